The van der Waals surface area contributed by atoms with Crippen LogP contribution in [-0.4, -0.2) is 23.7 Å². The Balaban J connectivity index is 2.82. The van der Waals surface area contributed by atoms with Gasteiger partial charge in [0.05, 0.1) is 12.6 Å². The number of carbonyl (C=O) groups excluding carboxylic acids is 1. The van der Waals surface area contributed by atoms with E-state index in [4.69, 9.17) is 0 Å². The van der Waals surface area contributed by atoms with E-state index in [0.29, 0.717) is 5.56 Å². The maximum Gasteiger partial charge on any atom is 0.251 e. The van der Waals surface area contributed by atoms with E-state index in [9.17, 15) is 9.90 Å². The molecule has 1 unspecified atom stereocenters. The summed E-state index contributed by atoms with van der Waals surface area (Å²) >= 11 is 0. The molecule has 0 saturated carbocycles. The molecule has 1 aromatic rings. The fraction of sp³-hybridized carbons (Fsp3) is 0.500. The third-order valence-corrected chi connectivity index (χ3v) is 2.96. The average Bonchev–Trinajstić information content (AvgIpc) is 2.35. The van der Waals surface area contributed by atoms with Crippen molar-refractivity contribution < 1.29 is 9.90 Å². The normalized spacial score (nSPS) is 12.5. The number of rotatable bonds is 5. The fourth-order valence-corrected chi connectivity index (χ4v) is 1.72. The first-order chi connectivity index (χ1) is 8.10. The Bertz CT molecular complexity index is 374. The highest BCUT2D eigenvalue weighted by atomic mass is 16.3. The highest BCUT2D eigenvalue weighted by Crippen LogP contribution is 2.10. The summed E-state index contributed by atoms with van der Waals surface area (Å²) in [6.07, 6.45) is 0.828. The molecule has 3 nitrogen and oxygen atoms in total. The van der Waals surface area contributed by atoms with Crippen molar-refractivity contribution in [2.45, 2.75) is 33.2 Å². The monoisotopic (exact) mass is 235 g/mol. The standard InChI is InChI=1S/C14H21NO2/c1-4-11-7-5-6-8-12(11)14(17)15-13(9-16)10(2)3/h5-8,10,13,16H,4,9H2,1-3H3,(H,15,17). The molecule has 94 valence electrons. The lowest BCUT2D eigenvalue weighted by Gasteiger charge is -2.20. The Morgan fingerprint density at radius 3 is 2.53 bits per heavy atom. The van der Waals surface area contributed by atoms with Crippen LogP contribution in [-0.2, 0) is 6.42 Å². The van der Waals surface area contributed by atoms with Gasteiger partial charge in [0.15, 0.2) is 0 Å². The van der Waals surface area contributed by atoms with E-state index in [1.807, 2.05) is 45.0 Å². The molecule has 0 bridgehead atoms. The minimum absolute atomic E-state index is 0.0301. The van der Waals surface area contributed by atoms with Gasteiger partial charge in [-0.15, -0.1) is 0 Å². The Hall–Kier alpha value is -1.35. The van der Waals surface area contributed by atoms with Crippen LogP contribution >= 0.6 is 0 Å². The van der Waals surface area contributed by atoms with Crippen LogP contribution in [0.3, 0.4) is 0 Å². The predicted molar refractivity (Wildman–Crippen MR) is 69.0 cm³/mol. The van der Waals surface area contributed by atoms with Crippen molar-refractivity contribution in [3.05, 3.63) is 35.4 Å². The topological polar surface area (TPSA) is 49.3 Å². The molecule has 0 radical (unpaired) electrons. The molecule has 0 spiro atoms. The molecule has 17 heavy (non-hydrogen) atoms. The third-order valence-electron chi connectivity index (χ3n) is 2.96. The van der Waals surface area contributed by atoms with Crippen molar-refractivity contribution in [3.63, 3.8) is 0 Å². The Labute approximate surface area is 103 Å². The van der Waals surface area contributed by atoms with Crippen molar-refractivity contribution >= 4 is 5.91 Å². The molecule has 0 heterocycles. The Morgan fingerprint density at radius 1 is 1.35 bits per heavy atom. The lowest BCUT2D eigenvalue weighted by Crippen LogP contribution is -2.41. The molecule has 0 aliphatic heterocycles. The third kappa shape index (κ3) is 3.56. The second kappa shape index (κ2) is 6.40. The molecule has 1 aromatic carbocycles. The summed E-state index contributed by atoms with van der Waals surface area (Å²) in [5.74, 6) is 0.118. The first kappa shape index (κ1) is 13.7. The zero-order chi connectivity index (χ0) is 12.8. The first-order valence-corrected chi connectivity index (χ1v) is 6.09. The summed E-state index contributed by atoms with van der Waals surface area (Å²) in [4.78, 5) is 12.1. The molecule has 0 fully saturated rings. The van der Waals surface area contributed by atoms with Crippen LogP contribution in [0.15, 0.2) is 24.3 Å². The minimum Gasteiger partial charge on any atom is -0.394 e. The second-order valence-electron chi connectivity index (χ2n) is 4.52. The van der Waals surface area contributed by atoms with Gasteiger partial charge in [0, 0.05) is 5.56 Å². The van der Waals surface area contributed by atoms with E-state index in [1.54, 1.807) is 0 Å². The van der Waals surface area contributed by atoms with Gasteiger partial charge in [-0.2, -0.15) is 0 Å². The summed E-state index contributed by atoms with van der Waals surface area (Å²) in [6.45, 7) is 5.95. The van der Waals surface area contributed by atoms with Crippen LogP contribution in [0.5, 0.6) is 0 Å². The van der Waals surface area contributed by atoms with Gasteiger partial charge >= 0.3 is 0 Å². The fourth-order valence-electron chi connectivity index (χ4n) is 1.72. The number of aryl methyl sites for hydroxylation is 1. The van der Waals surface area contributed by atoms with Gasteiger partial charge in [-0.05, 0) is 24.0 Å². The van der Waals surface area contributed by atoms with Crippen molar-refractivity contribution in [2.75, 3.05) is 6.61 Å². The number of carbonyl (C=O) groups is 1. The summed E-state index contributed by atoms with van der Waals surface area (Å²) in [5, 5.41) is 12.1. The smallest absolute Gasteiger partial charge is 0.251 e. The highest BCUT2D eigenvalue weighted by molar-refractivity contribution is 5.95. The van der Waals surface area contributed by atoms with Crippen LogP contribution in [0.1, 0.15) is 36.7 Å². The molecule has 1 atom stereocenters. The minimum atomic E-state index is -0.188. The Kier molecular flexibility index (Phi) is 5.16. The van der Waals surface area contributed by atoms with Crippen molar-refractivity contribution in [1.29, 1.82) is 0 Å². The zero-order valence-electron chi connectivity index (χ0n) is 10.7. The SMILES string of the molecule is CCc1ccccc1C(=O)NC(CO)C(C)C. The predicted octanol–water partition coefficient (Wildman–Crippen LogP) is 2.00. The summed E-state index contributed by atoms with van der Waals surface area (Å²) < 4.78 is 0. The zero-order valence-corrected chi connectivity index (χ0v) is 10.7. The first-order valence-electron chi connectivity index (χ1n) is 6.09. The lowest BCUT2D eigenvalue weighted by molar-refractivity contribution is 0.0896. The Morgan fingerprint density at radius 2 is 2.00 bits per heavy atom. The quantitative estimate of drug-likeness (QED) is 0.820. The highest BCUT2D eigenvalue weighted by Gasteiger charge is 2.17. The summed E-state index contributed by atoms with van der Waals surface area (Å²) in [5.41, 5.74) is 1.74. The molecule has 0 aromatic heterocycles. The maximum atomic E-state index is 12.1. The second-order valence-corrected chi connectivity index (χ2v) is 4.52. The van der Waals surface area contributed by atoms with E-state index in [2.05, 4.69) is 5.32 Å². The molecule has 2 N–H and O–H groups in total. The van der Waals surface area contributed by atoms with Gasteiger partial charge in [0.25, 0.3) is 5.91 Å². The van der Waals surface area contributed by atoms with E-state index >= 15 is 0 Å². The van der Waals surface area contributed by atoms with Crippen molar-refractivity contribution in [1.82, 2.24) is 5.32 Å². The number of aliphatic hydroxyl groups is 1. The average molecular weight is 235 g/mol. The van der Waals surface area contributed by atoms with Gasteiger partial charge in [0.1, 0.15) is 0 Å². The van der Waals surface area contributed by atoms with Crippen LogP contribution in [0.4, 0.5) is 0 Å². The molecule has 1 amide bonds. The van der Waals surface area contributed by atoms with Gasteiger partial charge in [-0.1, -0.05) is 39.0 Å². The molecular formula is C14H21NO2. The molecule has 0 aliphatic rings. The number of hydrogen-bond donors (Lipinski definition) is 2. The van der Waals surface area contributed by atoms with E-state index in [0.717, 1.165) is 12.0 Å². The number of hydrogen-bond acceptors (Lipinski definition) is 2. The number of amides is 1. The molecule has 1 rings (SSSR count). The molecular weight excluding hydrogens is 214 g/mol. The van der Waals surface area contributed by atoms with Crippen molar-refractivity contribution in [3.8, 4) is 0 Å². The van der Waals surface area contributed by atoms with Gasteiger partial charge in [-0.25, -0.2) is 0 Å². The van der Waals surface area contributed by atoms with Gasteiger partial charge in [-0.3, -0.25) is 4.79 Å². The number of aliphatic hydroxyl groups excluding tert-OH is 1. The molecule has 3 heteroatoms. The van der Waals surface area contributed by atoms with Crippen molar-refractivity contribution in [2.24, 2.45) is 5.92 Å². The molecule has 0 saturated heterocycles. The largest absolute Gasteiger partial charge is 0.394 e. The van der Waals surface area contributed by atoms with Crippen LogP contribution in [0, 0.1) is 5.92 Å². The molecule has 0 aliphatic carbocycles. The van der Waals surface area contributed by atoms with Gasteiger partial charge in [0.2, 0.25) is 0 Å². The van der Waals surface area contributed by atoms with Crippen LogP contribution in [0.25, 0.3) is 0 Å². The van der Waals surface area contributed by atoms with E-state index in [1.165, 1.54) is 0 Å². The summed E-state index contributed by atoms with van der Waals surface area (Å²) in [7, 11) is 0. The maximum absolute atomic E-state index is 12.1. The van der Waals surface area contributed by atoms with Crippen LogP contribution in [0.2, 0.25) is 0 Å². The van der Waals surface area contributed by atoms with Gasteiger partial charge < -0.3 is 10.4 Å². The number of benzene rings is 1. The number of nitrogens with one attached hydrogen (secondary N) is 1. The van der Waals surface area contributed by atoms with E-state index < -0.39 is 0 Å². The van der Waals surface area contributed by atoms with E-state index in [-0.39, 0.29) is 24.5 Å². The lowest BCUT2D eigenvalue weighted by atomic mass is 10.0. The summed E-state index contributed by atoms with van der Waals surface area (Å²) in [6, 6.07) is 7.38. The van der Waals surface area contributed by atoms with Crippen LogP contribution < -0.4 is 5.32 Å².